The van der Waals surface area contributed by atoms with Crippen LogP contribution >= 0.6 is 0 Å². The molecule has 0 spiro atoms. The molecule has 0 aliphatic heterocycles. The minimum Gasteiger partial charge on any atom is -0.388 e. The molecule has 0 aromatic heterocycles. The smallest absolute Gasteiger partial charge is 0.0827 e. The Morgan fingerprint density at radius 1 is 1.29 bits per heavy atom. The summed E-state index contributed by atoms with van der Waals surface area (Å²) in [6.07, 6.45) is 8.79. The van der Waals surface area contributed by atoms with Crippen LogP contribution in [0, 0.1) is 0 Å². The number of benzene rings is 1. The van der Waals surface area contributed by atoms with Gasteiger partial charge in [0.25, 0.3) is 0 Å². The summed E-state index contributed by atoms with van der Waals surface area (Å²) in [5, 5.41) is 10.3. The summed E-state index contributed by atoms with van der Waals surface area (Å²) in [6.45, 7) is 2.15. The van der Waals surface area contributed by atoms with Crippen molar-refractivity contribution in [1.29, 1.82) is 0 Å². The molecular weight excluding hydrogens is 208 g/mol. The van der Waals surface area contributed by atoms with Crippen LogP contribution in [0.15, 0.2) is 35.9 Å². The Morgan fingerprint density at radius 3 is 2.88 bits per heavy atom. The molecule has 1 unspecified atom stereocenters. The molecule has 17 heavy (non-hydrogen) atoms. The fourth-order valence-electron chi connectivity index (χ4n) is 2.48. The largest absolute Gasteiger partial charge is 0.388 e. The quantitative estimate of drug-likeness (QED) is 0.770. The molecule has 1 aromatic carbocycles. The average molecular weight is 230 g/mol. The van der Waals surface area contributed by atoms with E-state index < -0.39 is 0 Å². The highest BCUT2D eigenvalue weighted by Gasteiger charge is 2.12. The molecule has 1 aliphatic carbocycles. The summed E-state index contributed by atoms with van der Waals surface area (Å²) in [7, 11) is 0. The van der Waals surface area contributed by atoms with E-state index in [-0.39, 0.29) is 6.10 Å². The molecule has 1 aliphatic rings. The Balaban J connectivity index is 2.03. The maximum absolute atomic E-state index is 10.3. The van der Waals surface area contributed by atoms with Crippen molar-refractivity contribution in [2.75, 3.05) is 0 Å². The van der Waals surface area contributed by atoms with E-state index in [2.05, 4.69) is 25.1 Å². The summed E-state index contributed by atoms with van der Waals surface area (Å²) in [6, 6.07) is 8.34. The molecule has 2 rings (SSSR count). The lowest BCUT2D eigenvalue weighted by Gasteiger charge is -2.17. The van der Waals surface area contributed by atoms with Gasteiger partial charge in [0.1, 0.15) is 0 Å². The van der Waals surface area contributed by atoms with Crippen molar-refractivity contribution >= 4 is 0 Å². The van der Waals surface area contributed by atoms with E-state index in [4.69, 9.17) is 0 Å². The minimum atomic E-state index is -0.328. The zero-order valence-electron chi connectivity index (χ0n) is 10.7. The van der Waals surface area contributed by atoms with Crippen molar-refractivity contribution in [3.05, 3.63) is 47.0 Å². The molecule has 1 heteroatoms. The first-order chi connectivity index (χ1) is 8.29. The van der Waals surface area contributed by atoms with E-state index >= 15 is 0 Å². The van der Waals surface area contributed by atoms with Crippen LogP contribution in [-0.2, 0) is 6.42 Å². The van der Waals surface area contributed by atoms with E-state index in [0.29, 0.717) is 0 Å². The highest BCUT2D eigenvalue weighted by Crippen LogP contribution is 2.27. The highest BCUT2D eigenvalue weighted by molar-refractivity contribution is 5.26. The van der Waals surface area contributed by atoms with Crippen LogP contribution in [0.5, 0.6) is 0 Å². The number of hydrogen-bond donors (Lipinski definition) is 1. The van der Waals surface area contributed by atoms with Crippen LogP contribution in [0.1, 0.15) is 56.3 Å². The molecule has 1 N–H and O–H groups in total. The van der Waals surface area contributed by atoms with Crippen LogP contribution in [0.3, 0.4) is 0 Å². The lowest BCUT2D eigenvalue weighted by Crippen LogP contribution is -2.02. The topological polar surface area (TPSA) is 20.2 Å². The summed E-state index contributed by atoms with van der Waals surface area (Å²) in [4.78, 5) is 0. The molecule has 0 heterocycles. The fraction of sp³-hybridized carbons (Fsp3) is 0.500. The summed E-state index contributed by atoms with van der Waals surface area (Å²) in [5.74, 6) is 0. The molecule has 1 atom stereocenters. The first-order valence-corrected chi connectivity index (χ1v) is 6.74. The van der Waals surface area contributed by atoms with Gasteiger partial charge in [-0.15, -0.1) is 0 Å². The van der Waals surface area contributed by atoms with Gasteiger partial charge in [-0.2, -0.15) is 0 Å². The Kier molecular flexibility index (Phi) is 4.38. The van der Waals surface area contributed by atoms with E-state index in [0.717, 1.165) is 18.4 Å². The number of aliphatic hydroxyl groups excluding tert-OH is 1. The van der Waals surface area contributed by atoms with Crippen molar-refractivity contribution in [2.24, 2.45) is 0 Å². The van der Waals surface area contributed by atoms with Gasteiger partial charge in [-0.05, 0) is 49.7 Å². The third-order valence-electron chi connectivity index (χ3n) is 3.58. The van der Waals surface area contributed by atoms with Crippen LogP contribution in [0.2, 0.25) is 0 Å². The second kappa shape index (κ2) is 6.02. The average Bonchev–Trinajstić information content (AvgIpc) is 2.40. The standard InChI is InChI=1S/C16H22O/c1-2-13-9-6-10-15(11-13)16(17)12-14-7-4-3-5-8-14/h6-7,9-11,16-17H,2-5,8,12H2,1H3. The molecule has 0 amide bonds. The summed E-state index contributed by atoms with van der Waals surface area (Å²) < 4.78 is 0. The molecule has 92 valence electrons. The predicted molar refractivity (Wildman–Crippen MR) is 71.9 cm³/mol. The Hall–Kier alpha value is -1.08. The zero-order valence-corrected chi connectivity index (χ0v) is 10.7. The van der Waals surface area contributed by atoms with Gasteiger partial charge in [0.2, 0.25) is 0 Å². The van der Waals surface area contributed by atoms with Gasteiger partial charge < -0.3 is 5.11 Å². The second-order valence-electron chi connectivity index (χ2n) is 4.93. The number of aliphatic hydroxyl groups is 1. The van der Waals surface area contributed by atoms with Crippen LogP contribution in [-0.4, -0.2) is 5.11 Å². The normalized spacial score (nSPS) is 17.6. The Bertz CT molecular complexity index is 392. The SMILES string of the molecule is CCc1cccc(C(O)CC2=CCCCC2)c1. The number of rotatable bonds is 4. The lowest BCUT2D eigenvalue weighted by atomic mass is 9.92. The zero-order chi connectivity index (χ0) is 12.1. The van der Waals surface area contributed by atoms with Crippen molar-refractivity contribution in [3.63, 3.8) is 0 Å². The lowest BCUT2D eigenvalue weighted by molar-refractivity contribution is 0.176. The second-order valence-corrected chi connectivity index (χ2v) is 4.93. The van der Waals surface area contributed by atoms with Gasteiger partial charge >= 0.3 is 0 Å². The molecule has 0 fully saturated rings. The third kappa shape index (κ3) is 3.44. The van der Waals surface area contributed by atoms with E-state index in [1.165, 1.54) is 36.8 Å². The van der Waals surface area contributed by atoms with Gasteiger partial charge in [-0.1, -0.05) is 42.8 Å². The summed E-state index contributed by atoms with van der Waals surface area (Å²) in [5.41, 5.74) is 3.81. The molecule has 0 radical (unpaired) electrons. The minimum absolute atomic E-state index is 0.328. The molecule has 0 saturated carbocycles. The molecule has 0 bridgehead atoms. The van der Waals surface area contributed by atoms with Crippen LogP contribution in [0.25, 0.3) is 0 Å². The van der Waals surface area contributed by atoms with Crippen LogP contribution < -0.4 is 0 Å². The third-order valence-corrected chi connectivity index (χ3v) is 3.58. The van der Waals surface area contributed by atoms with Crippen LogP contribution in [0.4, 0.5) is 0 Å². The number of aryl methyl sites for hydroxylation is 1. The Morgan fingerprint density at radius 2 is 2.18 bits per heavy atom. The van der Waals surface area contributed by atoms with E-state index in [1.54, 1.807) is 0 Å². The molecule has 1 aromatic rings. The first-order valence-electron chi connectivity index (χ1n) is 6.74. The van der Waals surface area contributed by atoms with Gasteiger partial charge in [-0.25, -0.2) is 0 Å². The van der Waals surface area contributed by atoms with Gasteiger partial charge in [-0.3, -0.25) is 0 Å². The first kappa shape index (κ1) is 12.4. The number of hydrogen-bond acceptors (Lipinski definition) is 1. The van der Waals surface area contributed by atoms with Crippen molar-refractivity contribution in [3.8, 4) is 0 Å². The number of allylic oxidation sites excluding steroid dienone is 1. The van der Waals surface area contributed by atoms with E-state index in [9.17, 15) is 5.11 Å². The molecule has 0 saturated heterocycles. The van der Waals surface area contributed by atoms with Crippen molar-refractivity contribution in [1.82, 2.24) is 0 Å². The maximum atomic E-state index is 10.3. The van der Waals surface area contributed by atoms with Gasteiger partial charge in [0.15, 0.2) is 0 Å². The molecular formula is C16H22O. The highest BCUT2D eigenvalue weighted by atomic mass is 16.3. The van der Waals surface area contributed by atoms with E-state index in [1.807, 2.05) is 12.1 Å². The monoisotopic (exact) mass is 230 g/mol. The van der Waals surface area contributed by atoms with Gasteiger partial charge in [0, 0.05) is 0 Å². The molecule has 1 nitrogen and oxygen atoms in total. The fourth-order valence-corrected chi connectivity index (χ4v) is 2.48. The van der Waals surface area contributed by atoms with Gasteiger partial charge in [0.05, 0.1) is 6.10 Å². The van der Waals surface area contributed by atoms with Crippen molar-refractivity contribution in [2.45, 2.75) is 51.6 Å². The van der Waals surface area contributed by atoms with Crippen molar-refractivity contribution < 1.29 is 5.11 Å². The summed E-state index contributed by atoms with van der Waals surface area (Å²) >= 11 is 0. The maximum Gasteiger partial charge on any atom is 0.0827 e. The predicted octanol–water partition coefficient (Wildman–Crippen LogP) is 4.17. The Labute approximate surface area is 104 Å².